The Kier molecular flexibility index (Phi) is 4.58. The molecule has 8 heteroatoms. The predicted octanol–water partition coefficient (Wildman–Crippen LogP) is 2.06. The second-order valence-electron chi connectivity index (χ2n) is 5.00. The highest BCUT2D eigenvalue weighted by Crippen LogP contribution is 2.36. The van der Waals surface area contributed by atoms with Gasteiger partial charge in [0.1, 0.15) is 11.8 Å². The molecule has 1 amide bonds. The predicted molar refractivity (Wildman–Crippen MR) is 69.2 cm³/mol. The Labute approximate surface area is 124 Å². The number of halogens is 3. The van der Waals surface area contributed by atoms with Gasteiger partial charge in [-0.25, -0.2) is 4.79 Å². The molecular weight excluding hydrogens is 303 g/mol. The fraction of sp³-hybridized carbons (Fsp3) is 0.429. The number of carboxylic acid groups (broad SMARTS) is 1. The van der Waals surface area contributed by atoms with Crippen LogP contribution in [0.4, 0.5) is 13.2 Å². The van der Waals surface area contributed by atoms with E-state index in [1.54, 1.807) is 0 Å². The third kappa shape index (κ3) is 4.12. The number of amides is 1. The second-order valence-corrected chi connectivity index (χ2v) is 5.00. The minimum absolute atomic E-state index is 0.121. The summed E-state index contributed by atoms with van der Waals surface area (Å²) in [6.45, 7) is -0.677. The summed E-state index contributed by atoms with van der Waals surface area (Å²) in [7, 11) is 0. The number of carbonyl (C=O) groups excluding carboxylic acids is 1. The van der Waals surface area contributed by atoms with Gasteiger partial charge in [-0.05, 0) is 30.9 Å². The summed E-state index contributed by atoms with van der Waals surface area (Å²) < 4.78 is 43.1. The van der Waals surface area contributed by atoms with Crippen LogP contribution in [0.2, 0.25) is 0 Å². The second kappa shape index (κ2) is 6.25. The summed E-state index contributed by atoms with van der Waals surface area (Å²) in [6.07, 6.45) is -3.19. The van der Waals surface area contributed by atoms with Crippen LogP contribution in [0.1, 0.15) is 18.4 Å². The summed E-state index contributed by atoms with van der Waals surface area (Å²) in [5.74, 6) is -2.52. The van der Waals surface area contributed by atoms with E-state index in [0.29, 0.717) is 12.8 Å². The first-order chi connectivity index (χ1) is 10.3. The molecule has 0 spiro atoms. The van der Waals surface area contributed by atoms with Crippen LogP contribution < -0.4 is 10.1 Å². The maximum absolute atomic E-state index is 12.7. The first-order valence-electron chi connectivity index (χ1n) is 6.60. The number of nitrogens with one attached hydrogen (secondary N) is 1. The Bertz CT molecular complexity index is 569. The molecule has 0 radical (unpaired) electrons. The summed E-state index contributed by atoms with van der Waals surface area (Å²) in [5.41, 5.74) is -0.986. The Hall–Kier alpha value is -2.25. The zero-order valence-electron chi connectivity index (χ0n) is 11.4. The molecule has 2 N–H and O–H groups in total. The lowest BCUT2D eigenvalue weighted by Gasteiger charge is -2.16. The monoisotopic (exact) mass is 317 g/mol. The average molecular weight is 317 g/mol. The van der Waals surface area contributed by atoms with Gasteiger partial charge in [0.2, 0.25) is 0 Å². The highest BCUT2D eigenvalue weighted by molar-refractivity contribution is 5.84. The van der Waals surface area contributed by atoms with Crippen LogP contribution in [0.5, 0.6) is 5.75 Å². The quantitative estimate of drug-likeness (QED) is 0.842. The molecule has 1 aromatic rings. The van der Waals surface area contributed by atoms with Gasteiger partial charge >= 0.3 is 12.1 Å². The number of aliphatic carboxylic acids is 1. The van der Waals surface area contributed by atoms with E-state index in [4.69, 9.17) is 9.84 Å². The highest BCUT2D eigenvalue weighted by atomic mass is 19.4. The summed E-state index contributed by atoms with van der Waals surface area (Å²) in [5, 5.41) is 11.2. The molecule has 120 valence electrons. The molecule has 1 aliphatic carbocycles. The van der Waals surface area contributed by atoms with Crippen LogP contribution in [-0.4, -0.2) is 29.6 Å². The third-order valence-corrected chi connectivity index (χ3v) is 3.23. The number of benzene rings is 1. The van der Waals surface area contributed by atoms with Gasteiger partial charge in [0.15, 0.2) is 6.61 Å². The van der Waals surface area contributed by atoms with Crippen molar-refractivity contribution in [2.75, 3.05) is 6.61 Å². The van der Waals surface area contributed by atoms with Crippen LogP contribution in [0.25, 0.3) is 0 Å². The molecule has 1 atom stereocenters. The molecule has 1 aromatic carbocycles. The van der Waals surface area contributed by atoms with Crippen molar-refractivity contribution in [3.8, 4) is 5.75 Å². The maximum Gasteiger partial charge on any atom is 0.419 e. The molecule has 1 fully saturated rings. The van der Waals surface area contributed by atoms with Crippen LogP contribution in [0.15, 0.2) is 24.3 Å². The normalized spacial score (nSPS) is 16.0. The van der Waals surface area contributed by atoms with E-state index in [2.05, 4.69) is 5.32 Å². The number of carboxylic acids is 1. The third-order valence-electron chi connectivity index (χ3n) is 3.23. The number of hydrogen-bond donors (Lipinski definition) is 2. The van der Waals surface area contributed by atoms with Crippen LogP contribution in [-0.2, 0) is 15.8 Å². The molecule has 2 rings (SSSR count). The van der Waals surface area contributed by atoms with E-state index in [0.717, 1.165) is 12.1 Å². The van der Waals surface area contributed by atoms with E-state index in [1.165, 1.54) is 12.1 Å². The number of ether oxygens (including phenoxy) is 1. The lowest BCUT2D eigenvalue weighted by molar-refractivity contribution is -0.142. The van der Waals surface area contributed by atoms with E-state index in [-0.39, 0.29) is 5.92 Å². The van der Waals surface area contributed by atoms with Gasteiger partial charge in [-0.3, -0.25) is 4.79 Å². The van der Waals surface area contributed by atoms with Gasteiger partial charge < -0.3 is 15.2 Å². The van der Waals surface area contributed by atoms with E-state index < -0.39 is 42.0 Å². The molecule has 22 heavy (non-hydrogen) atoms. The smallest absolute Gasteiger partial charge is 0.419 e. The number of para-hydroxylation sites is 1. The molecule has 0 aliphatic heterocycles. The molecule has 1 unspecified atom stereocenters. The maximum atomic E-state index is 12.7. The summed E-state index contributed by atoms with van der Waals surface area (Å²) in [6, 6.07) is 3.49. The number of hydrogen-bond acceptors (Lipinski definition) is 3. The van der Waals surface area contributed by atoms with Crippen LogP contribution in [0.3, 0.4) is 0 Å². The van der Waals surface area contributed by atoms with Gasteiger partial charge in [0.25, 0.3) is 5.91 Å². The van der Waals surface area contributed by atoms with Crippen molar-refractivity contribution in [1.29, 1.82) is 0 Å². The fourth-order valence-corrected chi connectivity index (χ4v) is 2.00. The molecule has 0 heterocycles. The molecule has 0 saturated heterocycles. The van der Waals surface area contributed by atoms with Crippen molar-refractivity contribution in [1.82, 2.24) is 5.32 Å². The van der Waals surface area contributed by atoms with E-state index >= 15 is 0 Å². The lowest BCUT2D eigenvalue weighted by Crippen LogP contribution is -2.44. The van der Waals surface area contributed by atoms with Crippen molar-refractivity contribution in [3.05, 3.63) is 29.8 Å². The Morgan fingerprint density at radius 3 is 2.50 bits per heavy atom. The van der Waals surface area contributed by atoms with Gasteiger partial charge in [-0.2, -0.15) is 13.2 Å². The molecule has 1 aliphatic rings. The Morgan fingerprint density at radius 1 is 1.32 bits per heavy atom. The van der Waals surface area contributed by atoms with Gasteiger partial charge in [0.05, 0.1) is 5.56 Å². The van der Waals surface area contributed by atoms with Crippen molar-refractivity contribution in [3.63, 3.8) is 0 Å². The van der Waals surface area contributed by atoms with Gasteiger partial charge in [-0.1, -0.05) is 12.1 Å². The summed E-state index contributed by atoms with van der Waals surface area (Å²) >= 11 is 0. The number of alkyl halides is 3. The highest BCUT2D eigenvalue weighted by Gasteiger charge is 2.37. The molecule has 0 bridgehead atoms. The first kappa shape index (κ1) is 16.1. The van der Waals surface area contributed by atoms with Crippen molar-refractivity contribution in [2.45, 2.75) is 25.1 Å². The Balaban J connectivity index is 1.95. The van der Waals surface area contributed by atoms with Crippen LogP contribution >= 0.6 is 0 Å². The summed E-state index contributed by atoms with van der Waals surface area (Å²) in [4.78, 5) is 22.6. The van der Waals surface area contributed by atoms with Crippen LogP contribution in [0, 0.1) is 5.92 Å². The standard InChI is InChI=1S/C14H14F3NO4/c15-14(16,17)9-3-1-2-4-10(9)22-7-11(19)18-12(13(20)21)8-5-6-8/h1-4,8,12H,5-7H2,(H,18,19)(H,20,21). The topological polar surface area (TPSA) is 75.6 Å². The van der Waals surface area contributed by atoms with Gasteiger partial charge in [0, 0.05) is 0 Å². The van der Waals surface area contributed by atoms with Crippen molar-refractivity contribution in [2.24, 2.45) is 5.92 Å². The van der Waals surface area contributed by atoms with E-state index in [9.17, 15) is 22.8 Å². The Morgan fingerprint density at radius 2 is 1.95 bits per heavy atom. The van der Waals surface area contributed by atoms with E-state index in [1.807, 2.05) is 0 Å². The van der Waals surface area contributed by atoms with Crippen molar-refractivity contribution < 1.29 is 32.6 Å². The average Bonchev–Trinajstić information content (AvgIpc) is 3.26. The minimum Gasteiger partial charge on any atom is -0.483 e. The number of rotatable bonds is 6. The fourth-order valence-electron chi connectivity index (χ4n) is 2.00. The molecule has 1 saturated carbocycles. The number of carbonyl (C=O) groups is 2. The zero-order valence-corrected chi connectivity index (χ0v) is 11.4. The molecule has 5 nitrogen and oxygen atoms in total. The minimum atomic E-state index is -4.59. The SMILES string of the molecule is O=C(COc1ccccc1C(F)(F)F)NC(C(=O)O)C1CC1. The first-order valence-corrected chi connectivity index (χ1v) is 6.60. The lowest BCUT2D eigenvalue weighted by atomic mass is 10.2. The van der Waals surface area contributed by atoms with Gasteiger partial charge in [-0.15, -0.1) is 0 Å². The molecule has 0 aromatic heterocycles. The largest absolute Gasteiger partial charge is 0.483 e. The van der Waals surface area contributed by atoms with Crippen molar-refractivity contribution >= 4 is 11.9 Å². The zero-order chi connectivity index (χ0) is 16.3. The molecular formula is C14H14F3NO4.